The molecule has 4 rings (SSSR count). The van der Waals surface area contributed by atoms with Crippen LogP contribution in [0.5, 0.6) is 0 Å². The number of aromatic nitrogens is 3. The van der Waals surface area contributed by atoms with Gasteiger partial charge >= 0.3 is 0 Å². The van der Waals surface area contributed by atoms with E-state index in [0.29, 0.717) is 12.1 Å². The molecule has 142 valence electrons. The van der Waals surface area contributed by atoms with E-state index >= 15 is 0 Å². The Labute approximate surface area is 156 Å². The second kappa shape index (κ2) is 7.53. The van der Waals surface area contributed by atoms with Gasteiger partial charge in [-0.25, -0.2) is 9.97 Å². The maximum atomic E-state index is 4.51. The molecule has 6 heteroatoms. The number of piperazine rings is 1. The monoisotopic (exact) mass is 356 g/mol. The van der Waals surface area contributed by atoms with Crippen LogP contribution in [-0.2, 0) is 0 Å². The van der Waals surface area contributed by atoms with Gasteiger partial charge in [0.2, 0.25) is 0 Å². The molecule has 0 aromatic carbocycles. The van der Waals surface area contributed by atoms with Crippen LogP contribution in [0.25, 0.3) is 11.0 Å². The summed E-state index contributed by atoms with van der Waals surface area (Å²) < 4.78 is 0. The van der Waals surface area contributed by atoms with Crippen LogP contribution in [0.15, 0.2) is 12.5 Å². The minimum Gasteiger partial charge on any atom is -0.367 e. The molecule has 1 saturated carbocycles. The smallest absolute Gasteiger partial charge is 0.143 e. The number of aryl methyl sites for hydroxylation is 1. The van der Waals surface area contributed by atoms with Gasteiger partial charge in [0.1, 0.15) is 17.8 Å². The highest BCUT2D eigenvalue weighted by Crippen LogP contribution is 2.29. The van der Waals surface area contributed by atoms with E-state index in [2.05, 4.69) is 50.8 Å². The molecule has 6 nitrogen and oxygen atoms in total. The van der Waals surface area contributed by atoms with E-state index in [1.54, 1.807) is 6.33 Å². The molecule has 1 aliphatic carbocycles. The van der Waals surface area contributed by atoms with Crippen LogP contribution in [0.2, 0.25) is 0 Å². The largest absolute Gasteiger partial charge is 0.367 e. The summed E-state index contributed by atoms with van der Waals surface area (Å²) in [6.07, 6.45) is 8.70. The van der Waals surface area contributed by atoms with Crippen LogP contribution in [0.1, 0.15) is 45.1 Å². The van der Waals surface area contributed by atoms with Crippen LogP contribution in [0, 0.1) is 6.92 Å². The molecule has 0 spiro atoms. The molecular weight excluding hydrogens is 324 g/mol. The topological polar surface area (TPSA) is 60.1 Å². The van der Waals surface area contributed by atoms with Gasteiger partial charge in [0.05, 0.1) is 5.39 Å². The van der Waals surface area contributed by atoms with Crippen molar-refractivity contribution in [3.05, 3.63) is 18.1 Å². The summed E-state index contributed by atoms with van der Waals surface area (Å²) in [5, 5.41) is 4.84. The van der Waals surface area contributed by atoms with E-state index in [1.807, 2.05) is 6.20 Å². The molecule has 2 fully saturated rings. The molecule has 0 amide bonds. The number of anilines is 1. The van der Waals surface area contributed by atoms with Crippen molar-refractivity contribution in [3.8, 4) is 0 Å². The Kier molecular flexibility index (Phi) is 5.14. The van der Waals surface area contributed by atoms with Crippen molar-refractivity contribution in [2.45, 2.75) is 64.6 Å². The van der Waals surface area contributed by atoms with Gasteiger partial charge < -0.3 is 10.3 Å². The van der Waals surface area contributed by atoms with Gasteiger partial charge in [-0.3, -0.25) is 9.80 Å². The van der Waals surface area contributed by atoms with Gasteiger partial charge in [-0.2, -0.15) is 0 Å². The lowest BCUT2D eigenvalue weighted by atomic mass is 9.89. The number of nitrogens with one attached hydrogen (secondary N) is 2. The fourth-order valence-electron chi connectivity index (χ4n) is 4.62. The number of aromatic amines is 1. The summed E-state index contributed by atoms with van der Waals surface area (Å²) in [5.41, 5.74) is 2.14. The number of hydrogen-bond acceptors (Lipinski definition) is 5. The first-order valence-electron chi connectivity index (χ1n) is 10.1. The zero-order chi connectivity index (χ0) is 18.1. The summed E-state index contributed by atoms with van der Waals surface area (Å²) in [5.74, 6) is 0.989. The number of H-pyrrole nitrogens is 1. The maximum absolute atomic E-state index is 4.51. The first kappa shape index (κ1) is 17.7. The average Bonchev–Trinajstić information content (AvgIpc) is 3.05. The number of nitrogens with zero attached hydrogens (tertiary/aromatic N) is 4. The van der Waals surface area contributed by atoms with E-state index in [4.69, 9.17) is 0 Å². The fourth-order valence-corrected chi connectivity index (χ4v) is 4.62. The quantitative estimate of drug-likeness (QED) is 0.882. The first-order valence-corrected chi connectivity index (χ1v) is 10.1. The third-order valence-electron chi connectivity index (χ3n) is 6.30. The molecule has 0 unspecified atom stereocenters. The lowest BCUT2D eigenvalue weighted by Crippen LogP contribution is -2.53. The van der Waals surface area contributed by atoms with E-state index in [-0.39, 0.29) is 0 Å². The van der Waals surface area contributed by atoms with Crippen LogP contribution in [0.3, 0.4) is 0 Å². The Morgan fingerprint density at radius 1 is 1.08 bits per heavy atom. The molecular formula is C20H32N6. The molecule has 2 aromatic rings. The van der Waals surface area contributed by atoms with Crippen LogP contribution < -0.4 is 5.32 Å². The second-order valence-electron chi connectivity index (χ2n) is 8.23. The van der Waals surface area contributed by atoms with Crippen molar-refractivity contribution in [3.63, 3.8) is 0 Å². The number of hydrogen-bond donors (Lipinski definition) is 2. The van der Waals surface area contributed by atoms with Gasteiger partial charge in [-0.1, -0.05) is 0 Å². The Morgan fingerprint density at radius 2 is 1.81 bits per heavy atom. The van der Waals surface area contributed by atoms with E-state index in [0.717, 1.165) is 22.9 Å². The van der Waals surface area contributed by atoms with Crippen LogP contribution >= 0.6 is 0 Å². The lowest BCUT2D eigenvalue weighted by molar-refractivity contribution is 0.0631. The minimum absolute atomic E-state index is 0.524. The minimum atomic E-state index is 0.524. The maximum Gasteiger partial charge on any atom is 0.143 e. The SMILES string of the molecule is Cc1c[nH]c2ncnc(N[C@H]3CC[C@@H](N4CCN(C(C)C)CC4)CC3)c12. The predicted octanol–water partition coefficient (Wildman–Crippen LogP) is 3.02. The molecule has 1 aliphatic heterocycles. The van der Waals surface area contributed by atoms with Crippen molar-refractivity contribution in [2.24, 2.45) is 0 Å². The molecule has 0 bridgehead atoms. The molecule has 0 radical (unpaired) electrons. The Balaban J connectivity index is 1.32. The zero-order valence-corrected chi connectivity index (χ0v) is 16.3. The Morgan fingerprint density at radius 3 is 2.50 bits per heavy atom. The number of fused-ring (bicyclic) bond motifs is 1. The van der Waals surface area contributed by atoms with Crippen molar-refractivity contribution < 1.29 is 0 Å². The fraction of sp³-hybridized carbons (Fsp3) is 0.700. The van der Waals surface area contributed by atoms with E-state index < -0.39 is 0 Å². The summed E-state index contributed by atoms with van der Waals surface area (Å²) in [6, 6.07) is 1.97. The van der Waals surface area contributed by atoms with E-state index in [1.165, 1.54) is 57.4 Å². The molecule has 2 aliphatic rings. The van der Waals surface area contributed by atoms with Gasteiger partial charge in [0.15, 0.2) is 0 Å². The van der Waals surface area contributed by atoms with E-state index in [9.17, 15) is 0 Å². The van der Waals surface area contributed by atoms with Gasteiger partial charge in [-0.15, -0.1) is 0 Å². The normalized spacial score (nSPS) is 25.8. The highest BCUT2D eigenvalue weighted by molar-refractivity contribution is 5.90. The summed E-state index contributed by atoms with van der Waals surface area (Å²) >= 11 is 0. The molecule has 2 aromatic heterocycles. The zero-order valence-electron chi connectivity index (χ0n) is 16.3. The van der Waals surface area contributed by atoms with Crippen molar-refractivity contribution in [1.29, 1.82) is 0 Å². The Bertz CT molecular complexity index is 723. The second-order valence-corrected chi connectivity index (χ2v) is 8.23. The highest BCUT2D eigenvalue weighted by atomic mass is 15.3. The van der Waals surface area contributed by atoms with Gasteiger partial charge in [0, 0.05) is 50.5 Å². The number of rotatable bonds is 4. The molecule has 3 heterocycles. The Hall–Kier alpha value is -1.66. The third-order valence-corrected chi connectivity index (χ3v) is 6.30. The van der Waals surface area contributed by atoms with Crippen molar-refractivity contribution in [2.75, 3.05) is 31.5 Å². The first-order chi connectivity index (χ1) is 12.6. The van der Waals surface area contributed by atoms with Crippen LogP contribution in [0.4, 0.5) is 5.82 Å². The molecule has 2 N–H and O–H groups in total. The van der Waals surface area contributed by atoms with Crippen molar-refractivity contribution >= 4 is 16.9 Å². The van der Waals surface area contributed by atoms with Gasteiger partial charge in [-0.05, 0) is 52.0 Å². The molecule has 0 atom stereocenters. The molecule has 1 saturated heterocycles. The summed E-state index contributed by atoms with van der Waals surface area (Å²) in [7, 11) is 0. The van der Waals surface area contributed by atoms with Gasteiger partial charge in [0.25, 0.3) is 0 Å². The lowest BCUT2D eigenvalue weighted by Gasteiger charge is -2.43. The summed E-state index contributed by atoms with van der Waals surface area (Å²) in [4.78, 5) is 17.4. The predicted molar refractivity (Wildman–Crippen MR) is 107 cm³/mol. The average molecular weight is 357 g/mol. The highest BCUT2D eigenvalue weighted by Gasteiger charge is 2.29. The molecule has 26 heavy (non-hydrogen) atoms. The third kappa shape index (κ3) is 3.58. The standard InChI is InChI=1S/C20H32N6/c1-14(2)25-8-10-26(11-9-25)17-6-4-16(5-7-17)24-20-18-15(3)12-21-19(18)22-13-23-20/h12-14,16-17H,4-11H2,1-3H3,(H2,21,22,23,24)/t16-,17+. The summed E-state index contributed by atoms with van der Waals surface area (Å²) in [6.45, 7) is 11.6. The van der Waals surface area contributed by atoms with Crippen molar-refractivity contribution in [1.82, 2.24) is 24.8 Å². The van der Waals surface area contributed by atoms with Crippen LogP contribution in [-0.4, -0.2) is 69.1 Å².